The Kier molecular flexibility index (Phi) is 5.73. The number of aliphatic hydroxyl groups excluding tert-OH is 1. The SMILES string of the molecule is CC(C)=CCC[C@H](C)[C@@H]1CC[C@]2(C)C3=CC=C4C(C)(C)[C@@H](O)CC[C@]4(C)[C@H]3CC[C@@]12C. The molecule has 1 heteroatoms. The largest absolute Gasteiger partial charge is 0.392 e. The maximum absolute atomic E-state index is 10.8. The van der Waals surface area contributed by atoms with E-state index >= 15 is 0 Å². The second-order valence-electron chi connectivity index (χ2n) is 13.2. The normalized spacial score (nSPS) is 44.4. The van der Waals surface area contributed by atoms with Crippen LogP contribution in [-0.2, 0) is 0 Å². The van der Waals surface area contributed by atoms with Crippen molar-refractivity contribution in [3.63, 3.8) is 0 Å². The molecule has 3 fully saturated rings. The van der Waals surface area contributed by atoms with E-state index in [0.29, 0.717) is 16.7 Å². The van der Waals surface area contributed by atoms with Gasteiger partial charge in [0, 0.05) is 5.41 Å². The van der Waals surface area contributed by atoms with Crippen LogP contribution in [0.1, 0.15) is 107 Å². The summed E-state index contributed by atoms with van der Waals surface area (Å²) in [4.78, 5) is 0. The van der Waals surface area contributed by atoms with Crippen molar-refractivity contribution in [3.05, 3.63) is 34.9 Å². The molecule has 0 bridgehead atoms. The average molecular weight is 425 g/mol. The van der Waals surface area contributed by atoms with Gasteiger partial charge >= 0.3 is 0 Å². The molecule has 0 spiro atoms. The van der Waals surface area contributed by atoms with Crippen LogP contribution in [0.5, 0.6) is 0 Å². The summed E-state index contributed by atoms with van der Waals surface area (Å²) >= 11 is 0. The zero-order chi connectivity index (χ0) is 22.8. The van der Waals surface area contributed by atoms with Crippen molar-refractivity contribution >= 4 is 0 Å². The highest BCUT2D eigenvalue weighted by Crippen LogP contribution is 2.72. The summed E-state index contributed by atoms with van der Waals surface area (Å²) in [6, 6.07) is 0. The van der Waals surface area contributed by atoms with Gasteiger partial charge in [0.05, 0.1) is 6.10 Å². The first-order chi connectivity index (χ1) is 14.4. The van der Waals surface area contributed by atoms with E-state index in [1.54, 1.807) is 5.57 Å². The molecule has 0 saturated heterocycles. The van der Waals surface area contributed by atoms with E-state index in [2.05, 4.69) is 73.6 Å². The van der Waals surface area contributed by atoms with Gasteiger partial charge in [-0.25, -0.2) is 0 Å². The highest BCUT2D eigenvalue weighted by atomic mass is 16.3. The molecule has 0 aliphatic heterocycles. The fourth-order valence-electron chi connectivity index (χ4n) is 8.88. The van der Waals surface area contributed by atoms with Crippen LogP contribution in [0.25, 0.3) is 0 Å². The lowest BCUT2D eigenvalue weighted by atomic mass is 9.43. The fraction of sp³-hybridized carbons (Fsp3) is 0.800. The lowest BCUT2D eigenvalue weighted by Crippen LogP contribution is -2.54. The zero-order valence-corrected chi connectivity index (χ0v) is 21.6. The molecule has 31 heavy (non-hydrogen) atoms. The Morgan fingerprint density at radius 2 is 1.74 bits per heavy atom. The molecule has 0 aromatic heterocycles. The van der Waals surface area contributed by atoms with Gasteiger partial charge in [0.25, 0.3) is 0 Å². The van der Waals surface area contributed by atoms with Crippen molar-refractivity contribution in [2.45, 2.75) is 113 Å². The first-order valence-electron chi connectivity index (χ1n) is 13.1. The Hall–Kier alpha value is -0.820. The summed E-state index contributed by atoms with van der Waals surface area (Å²) < 4.78 is 0. The van der Waals surface area contributed by atoms with Crippen LogP contribution >= 0.6 is 0 Å². The number of rotatable bonds is 4. The summed E-state index contributed by atoms with van der Waals surface area (Å²) in [6.07, 6.45) is 17.3. The summed E-state index contributed by atoms with van der Waals surface area (Å²) in [6.45, 7) is 19.3. The Bertz CT molecular complexity index is 808. The molecule has 0 unspecified atom stereocenters. The molecule has 0 amide bonds. The van der Waals surface area contributed by atoms with E-state index < -0.39 is 0 Å². The number of allylic oxidation sites excluding steroid dienone is 5. The summed E-state index contributed by atoms with van der Waals surface area (Å²) in [5.74, 6) is 2.30. The molecular formula is C30H48O. The van der Waals surface area contributed by atoms with Crippen LogP contribution in [-0.4, -0.2) is 11.2 Å². The second kappa shape index (κ2) is 7.61. The number of hydrogen-bond acceptors (Lipinski definition) is 1. The monoisotopic (exact) mass is 424 g/mol. The Morgan fingerprint density at radius 1 is 1.03 bits per heavy atom. The number of fused-ring (bicyclic) bond motifs is 5. The zero-order valence-electron chi connectivity index (χ0n) is 21.6. The van der Waals surface area contributed by atoms with Gasteiger partial charge in [0.1, 0.15) is 0 Å². The minimum atomic E-state index is -0.205. The molecule has 1 nitrogen and oxygen atoms in total. The van der Waals surface area contributed by atoms with Gasteiger partial charge in [0.15, 0.2) is 0 Å². The topological polar surface area (TPSA) is 20.2 Å². The molecule has 4 aliphatic rings. The van der Waals surface area contributed by atoms with E-state index in [0.717, 1.165) is 24.7 Å². The molecule has 4 aliphatic carbocycles. The average Bonchev–Trinajstić information content (AvgIpc) is 2.96. The smallest absolute Gasteiger partial charge is 0.0628 e. The molecular weight excluding hydrogens is 376 g/mol. The predicted octanol–water partition coefficient (Wildman–Crippen LogP) is 8.26. The van der Waals surface area contributed by atoms with Crippen molar-refractivity contribution < 1.29 is 5.11 Å². The van der Waals surface area contributed by atoms with Crippen molar-refractivity contribution in [2.24, 2.45) is 39.4 Å². The van der Waals surface area contributed by atoms with Gasteiger partial charge < -0.3 is 5.11 Å². The van der Waals surface area contributed by atoms with E-state index in [1.165, 1.54) is 49.7 Å². The first-order valence-corrected chi connectivity index (χ1v) is 13.1. The Labute approximate surface area is 192 Å². The van der Waals surface area contributed by atoms with Crippen LogP contribution in [0.4, 0.5) is 0 Å². The third-order valence-corrected chi connectivity index (χ3v) is 11.1. The van der Waals surface area contributed by atoms with Crippen molar-refractivity contribution in [1.29, 1.82) is 0 Å². The van der Waals surface area contributed by atoms with Gasteiger partial charge in [0.2, 0.25) is 0 Å². The second-order valence-corrected chi connectivity index (χ2v) is 13.2. The van der Waals surface area contributed by atoms with E-state index in [9.17, 15) is 5.11 Å². The van der Waals surface area contributed by atoms with Crippen molar-refractivity contribution in [2.75, 3.05) is 0 Å². The van der Waals surface area contributed by atoms with Crippen LogP contribution < -0.4 is 0 Å². The van der Waals surface area contributed by atoms with Crippen LogP contribution in [0.15, 0.2) is 34.9 Å². The first kappa shape index (κ1) is 23.3. The fourth-order valence-corrected chi connectivity index (χ4v) is 8.88. The maximum atomic E-state index is 10.8. The molecule has 0 aromatic carbocycles. The molecule has 3 saturated carbocycles. The van der Waals surface area contributed by atoms with Gasteiger partial charge in [-0.1, -0.05) is 76.5 Å². The standard InChI is InChI=1S/C30H48O/c1-20(2)10-9-11-21(3)22-14-18-30(8)24-12-13-25-27(4,5)26(31)16-17-28(25,6)23(24)15-19-29(22,30)7/h10,12-13,21-23,26,31H,9,11,14-19H2,1-8H3/t21-,22-,23-,26-,28+,29-,30+/m0/s1. The highest BCUT2D eigenvalue weighted by molar-refractivity contribution is 5.43. The van der Waals surface area contributed by atoms with Gasteiger partial charge in [-0.15, -0.1) is 0 Å². The Balaban J connectivity index is 1.66. The minimum Gasteiger partial charge on any atom is -0.392 e. The third kappa shape index (κ3) is 3.27. The molecule has 0 heterocycles. The van der Waals surface area contributed by atoms with Crippen molar-refractivity contribution in [1.82, 2.24) is 0 Å². The van der Waals surface area contributed by atoms with Gasteiger partial charge in [-0.3, -0.25) is 0 Å². The van der Waals surface area contributed by atoms with Crippen LogP contribution in [0.2, 0.25) is 0 Å². The number of hydrogen-bond donors (Lipinski definition) is 1. The summed E-state index contributed by atoms with van der Waals surface area (Å²) in [5.41, 5.74) is 5.61. The number of aliphatic hydroxyl groups is 1. The summed E-state index contributed by atoms with van der Waals surface area (Å²) in [5, 5.41) is 10.8. The predicted molar refractivity (Wildman–Crippen MR) is 133 cm³/mol. The molecule has 174 valence electrons. The molecule has 0 radical (unpaired) electrons. The van der Waals surface area contributed by atoms with E-state index in [-0.39, 0.29) is 16.9 Å². The van der Waals surface area contributed by atoms with E-state index in [1.807, 2.05) is 0 Å². The lowest BCUT2D eigenvalue weighted by Gasteiger charge is -2.61. The van der Waals surface area contributed by atoms with Crippen molar-refractivity contribution in [3.8, 4) is 0 Å². The maximum Gasteiger partial charge on any atom is 0.0628 e. The van der Waals surface area contributed by atoms with Gasteiger partial charge in [-0.05, 0) is 99.2 Å². The Morgan fingerprint density at radius 3 is 2.42 bits per heavy atom. The molecule has 1 N–H and O–H groups in total. The molecule has 0 aromatic rings. The minimum absolute atomic E-state index is 0.103. The molecule has 7 atom stereocenters. The summed E-state index contributed by atoms with van der Waals surface area (Å²) in [7, 11) is 0. The van der Waals surface area contributed by atoms with Gasteiger partial charge in [-0.2, -0.15) is 0 Å². The van der Waals surface area contributed by atoms with Crippen LogP contribution in [0.3, 0.4) is 0 Å². The quantitative estimate of drug-likeness (QED) is 0.450. The van der Waals surface area contributed by atoms with E-state index in [4.69, 9.17) is 0 Å². The van der Waals surface area contributed by atoms with Crippen LogP contribution in [0, 0.1) is 39.4 Å². The highest BCUT2D eigenvalue weighted by Gasteiger charge is 2.63. The molecule has 4 rings (SSSR count). The third-order valence-electron chi connectivity index (χ3n) is 11.1. The lowest BCUT2D eigenvalue weighted by molar-refractivity contribution is -0.0360.